The Morgan fingerprint density at radius 1 is 1.19 bits per heavy atom. The van der Waals surface area contributed by atoms with Crippen LogP contribution in [0, 0.1) is 34.6 Å². The lowest BCUT2D eigenvalue weighted by Crippen LogP contribution is -2.46. The van der Waals surface area contributed by atoms with Crippen molar-refractivity contribution in [1.82, 2.24) is 9.88 Å². The smallest absolute Gasteiger partial charge is 0.256 e. The SMILES string of the molecule is CN=C(C1=C(N)[C@H](C)N(C(=O)c2cc(F)cc(-c3c[nH]c(C#N)c3)c2Cl)CC1)c1cc(F)c(F)c(F)c1. The van der Waals surface area contributed by atoms with Gasteiger partial charge in [-0.25, -0.2) is 17.6 Å². The highest BCUT2D eigenvalue weighted by atomic mass is 35.5. The number of benzene rings is 2. The number of H-pyrrole nitrogens is 1. The minimum atomic E-state index is -1.59. The molecule has 3 N–H and O–H groups in total. The summed E-state index contributed by atoms with van der Waals surface area (Å²) in [6, 6.07) is 6.56. The molecule has 0 radical (unpaired) electrons. The molecule has 37 heavy (non-hydrogen) atoms. The molecule has 2 heterocycles. The van der Waals surface area contributed by atoms with Crippen molar-refractivity contribution >= 4 is 23.2 Å². The molecule has 0 saturated heterocycles. The molecule has 3 aromatic rings. The Morgan fingerprint density at radius 3 is 2.46 bits per heavy atom. The molecular formula is C26H20ClF4N5O. The summed E-state index contributed by atoms with van der Waals surface area (Å²) in [7, 11) is 1.41. The van der Waals surface area contributed by atoms with Crippen molar-refractivity contribution in [3.8, 4) is 17.2 Å². The van der Waals surface area contributed by atoms with E-state index in [2.05, 4.69) is 9.98 Å². The number of hydrogen-bond donors (Lipinski definition) is 2. The van der Waals surface area contributed by atoms with Crippen molar-refractivity contribution in [3.63, 3.8) is 0 Å². The van der Waals surface area contributed by atoms with Crippen LogP contribution in [0.25, 0.3) is 11.1 Å². The highest BCUT2D eigenvalue weighted by Gasteiger charge is 2.33. The van der Waals surface area contributed by atoms with Crippen molar-refractivity contribution in [3.05, 3.63) is 92.9 Å². The van der Waals surface area contributed by atoms with E-state index in [0.29, 0.717) is 11.1 Å². The lowest BCUT2D eigenvalue weighted by atomic mass is 9.91. The molecule has 6 nitrogen and oxygen atoms in total. The summed E-state index contributed by atoms with van der Waals surface area (Å²) in [4.78, 5) is 21.7. The fraction of sp³-hybridized carbons (Fsp3) is 0.192. The van der Waals surface area contributed by atoms with Gasteiger partial charge in [-0.3, -0.25) is 9.79 Å². The number of nitriles is 1. The maximum Gasteiger partial charge on any atom is 0.256 e. The van der Waals surface area contributed by atoms with E-state index in [1.807, 2.05) is 6.07 Å². The standard InChI is InChI=1S/C26H20ClF4N5O/c1-12-24(33)17(25(34-2)13-6-20(29)23(31)21(30)7-13)3-4-36(12)26(37)19-9-15(28)8-18(22(19)27)14-5-16(10-32)35-11-14/h5-9,11-12,35H,3-4,33H2,1-2H3/t12-/m0/s1. The highest BCUT2D eigenvalue weighted by Crippen LogP contribution is 2.35. The van der Waals surface area contributed by atoms with E-state index >= 15 is 0 Å². The summed E-state index contributed by atoms with van der Waals surface area (Å²) in [6.45, 7) is 1.76. The molecule has 0 aliphatic carbocycles. The Morgan fingerprint density at radius 2 is 1.86 bits per heavy atom. The van der Waals surface area contributed by atoms with Crippen molar-refractivity contribution in [1.29, 1.82) is 5.26 Å². The van der Waals surface area contributed by atoms with Gasteiger partial charge >= 0.3 is 0 Å². The predicted octanol–water partition coefficient (Wildman–Crippen LogP) is 5.33. The first-order valence-electron chi connectivity index (χ1n) is 11.1. The zero-order chi connectivity index (χ0) is 27.0. The van der Waals surface area contributed by atoms with E-state index in [1.54, 1.807) is 6.92 Å². The van der Waals surface area contributed by atoms with Crippen LogP contribution >= 0.6 is 11.6 Å². The quantitative estimate of drug-likeness (QED) is 0.271. The topological polar surface area (TPSA) is 98.3 Å². The van der Waals surface area contributed by atoms with E-state index in [-0.39, 0.29) is 51.8 Å². The number of aromatic amines is 1. The van der Waals surface area contributed by atoms with Crippen LogP contribution in [0.5, 0.6) is 0 Å². The van der Waals surface area contributed by atoms with Crippen molar-refractivity contribution in [2.75, 3.05) is 13.6 Å². The summed E-state index contributed by atoms with van der Waals surface area (Å²) in [5.74, 6) is -5.60. The fourth-order valence-corrected chi connectivity index (χ4v) is 4.68. The fourth-order valence-electron chi connectivity index (χ4n) is 4.38. The van der Waals surface area contributed by atoms with E-state index in [1.165, 1.54) is 30.3 Å². The zero-order valence-corrected chi connectivity index (χ0v) is 20.4. The van der Waals surface area contributed by atoms with Gasteiger partial charge in [0.15, 0.2) is 17.5 Å². The third-order valence-electron chi connectivity index (χ3n) is 6.28. The molecule has 0 bridgehead atoms. The number of hydrogen-bond acceptors (Lipinski definition) is 4. The van der Waals surface area contributed by atoms with Crippen LogP contribution in [-0.4, -0.2) is 41.1 Å². The molecule has 0 unspecified atom stereocenters. The van der Waals surface area contributed by atoms with Crippen LogP contribution in [0.15, 0.2) is 52.8 Å². The highest BCUT2D eigenvalue weighted by molar-refractivity contribution is 6.36. The number of aromatic nitrogens is 1. The van der Waals surface area contributed by atoms with Gasteiger partial charge in [-0.15, -0.1) is 0 Å². The molecule has 1 atom stereocenters. The molecule has 1 aliphatic rings. The molecule has 4 rings (SSSR count). The Labute approximate surface area is 214 Å². The van der Waals surface area contributed by atoms with Gasteiger partial charge in [-0.2, -0.15) is 5.26 Å². The summed E-state index contributed by atoms with van der Waals surface area (Å²) in [6.07, 6.45) is 1.65. The molecular weight excluding hydrogens is 510 g/mol. The van der Waals surface area contributed by atoms with E-state index < -0.39 is 35.2 Å². The first-order valence-corrected chi connectivity index (χ1v) is 11.4. The van der Waals surface area contributed by atoms with Gasteiger partial charge < -0.3 is 15.6 Å². The summed E-state index contributed by atoms with van der Waals surface area (Å²) >= 11 is 6.51. The minimum Gasteiger partial charge on any atom is -0.400 e. The number of carbonyl (C=O) groups excluding carboxylic acids is 1. The van der Waals surface area contributed by atoms with E-state index in [9.17, 15) is 22.4 Å². The average Bonchev–Trinajstić information content (AvgIpc) is 3.35. The number of rotatable bonds is 4. The van der Waals surface area contributed by atoms with Gasteiger partial charge in [0.2, 0.25) is 0 Å². The lowest BCUT2D eigenvalue weighted by molar-refractivity contribution is 0.0706. The van der Waals surface area contributed by atoms with Crippen LogP contribution in [0.1, 0.15) is 35.0 Å². The normalized spacial score (nSPS) is 16.2. The number of nitrogens with one attached hydrogen (secondary N) is 1. The second kappa shape index (κ2) is 10.1. The first kappa shape index (κ1) is 26.0. The molecule has 0 fully saturated rings. The van der Waals surface area contributed by atoms with Crippen molar-refractivity contribution in [2.24, 2.45) is 10.7 Å². The second-order valence-electron chi connectivity index (χ2n) is 8.41. The van der Waals surface area contributed by atoms with Crippen molar-refractivity contribution in [2.45, 2.75) is 19.4 Å². The largest absolute Gasteiger partial charge is 0.400 e. The van der Waals surface area contributed by atoms with E-state index in [4.69, 9.17) is 22.6 Å². The zero-order valence-electron chi connectivity index (χ0n) is 19.7. The third-order valence-corrected chi connectivity index (χ3v) is 6.69. The monoisotopic (exact) mass is 529 g/mol. The summed E-state index contributed by atoms with van der Waals surface area (Å²) < 4.78 is 55.7. The van der Waals surface area contributed by atoms with Gasteiger partial charge in [-0.1, -0.05) is 11.6 Å². The minimum absolute atomic E-state index is 0.00325. The van der Waals surface area contributed by atoms with Crippen LogP contribution in [0.3, 0.4) is 0 Å². The van der Waals surface area contributed by atoms with Crippen LogP contribution in [-0.2, 0) is 0 Å². The number of amides is 1. The molecule has 1 amide bonds. The lowest BCUT2D eigenvalue weighted by Gasteiger charge is -2.36. The van der Waals surface area contributed by atoms with Gasteiger partial charge in [0.25, 0.3) is 5.91 Å². The second-order valence-corrected chi connectivity index (χ2v) is 8.79. The van der Waals surface area contributed by atoms with Gasteiger partial charge in [0, 0.05) is 47.7 Å². The number of carbonyl (C=O) groups is 1. The van der Waals surface area contributed by atoms with E-state index in [0.717, 1.165) is 18.2 Å². The number of aliphatic imine (C=N–C) groups is 1. The molecule has 1 aliphatic heterocycles. The number of halogens is 5. The number of nitrogens with two attached hydrogens (primary N) is 1. The van der Waals surface area contributed by atoms with Crippen LogP contribution in [0.4, 0.5) is 17.6 Å². The molecule has 2 aromatic carbocycles. The molecule has 0 spiro atoms. The van der Waals surface area contributed by atoms with Crippen LogP contribution in [0.2, 0.25) is 5.02 Å². The number of nitrogens with zero attached hydrogens (tertiary/aromatic N) is 3. The first-order chi connectivity index (χ1) is 17.6. The Hall–Kier alpha value is -4.10. The maximum absolute atomic E-state index is 14.5. The molecule has 0 saturated carbocycles. The third kappa shape index (κ3) is 4.70. The summed E-state index contributed by atoms with van der Waals surface area (Å²) in [5.41, 5.74) is 8.01. The Bertz CT molecular complexity index is 1500. The van der Waals surface area contributed by atoms with Crippen LogP contribution < -0.4 is 5.73 Å². The van der Waals surface area contributed by atoms with Gasteiger partial charge in [0.05, 0.1) is 22.3 Å². The molecule has 11 heteroatoms. The average molecular weight is 530 g/mol. The maximum atomic E-state index is 14.5. The van der Waals surface area contributed by atoms with Gasteiger partial charge in [-0.05, 0) is 43.7 Å². The summed E-state index contributed by atoms with van der Waals surface area (Å²) in [5, 5.41) is 9.05. The van der Waals surface area contributed by atoms with Gasteiger partial charge in [0.1, 0.15) is 17.6 Å². The Balaban J connectivity index is 1.69. The molecule has 1 aromatic heterocycles. The van der Waals surface area contributed by atoms with Crippen molar-refractivity contribution < 1.29 is 22.4 Å². The predicted molar refractivity (Wildman–Crippen MR) is 131 cm³/mol. The Kier molecular flexibility index (Phi) is 7.09. The molecule has 190 valence electrons.